The molecule has 1 aromatic rings. The molecule has 3 rings (SSSR count). The fourth-order valence-corrected chi connectivity index (χ4v) is 5.62. The van der Waals surface area contributed by atoms with Gasteiger partial charge in [0, 0.05) is 0 Å². The van der Waals surface area contributed by atoms with E-state index in [4.69, 9.17) is 0 Å². The van der Waals surface area contributed by atoms with Gasteiger partial charge in [-0.2, -0.15) is 0 Å². The number of hydrogen-bond donors (Lipinski definition) is 0. The van der Waals surface area contributed by atoms with Gasteiger partial charge >= 0.3 is 110 Å². The van der Waals surface area contributed by atoms with E-state index in [2.05, 4.69) is 35.9 Å². The molecule has 17 heavy (non-hydrogen) atoms. The van der Waals surface area contributed by atoms with Crippen molar-refractivity contribution in [2.45, 2.75) is 33.1 Å². The Morgan fingerprint density at radius 2 is 2.24 bits per heavy atom. The summed E-state index contributed by atoms with van der Waals surface area (Å²) in [6.45, 7) is 4.88. The average Bonchev–Trinajstić information content (AvgIpc) is 2.87. The molecule has 0 N–H and O–H groups in total. The van der Waals surface area contributed by atoms with Gasteiger partial charge in [-0.1, -0.05) is 0 Å². The topological polar surface area (TPSA) is 12.9 Å². The number of allylic oxidation sites excluding steroid dienone is 1. The first-order valence-electron chi connectivity index (χ1n) is 6.46. The molecule has 2 bridgehead atoms. The summed E-state index contributed by atoms with van der Waals surface area (Å²) < 4.78 is 1.26. The number of hydrogen-bond acceptors (Lipinski definition) is 1. The van der Waals surface area contributed by atoms with E-state index in [1.165, 1.54) is 23.9 Å². The third-order valence-electron chi connectivity index (χ3n) is 4.58. The Labute approximate surface area is 110 Å². The normalized spacial score (nSPS) is 32.2. The van der Waals surface area contributed by atoms with Crippen molar-refractivity contribution in [3.8, 4) is 0 Å². The molecule has 2 unspecified atom stereocenters. The summed E-state index contributed by atoms with van der Waals surface area (Å²) >= 11 is 0.415. The van der Waals surface area contributed by atoms with E-state index in [-0.39, 0.29) is 0 Å². The van der Waals surface area contributed by atoms with Crippen molar-refractivity contribution in [3.63, 3.8) is 0 Å². The van der Waals surface area contributed by atoms with Crippen LogP contribution in [-0.2, 0) is 0 Å². The Hall–Kier alpha value is -0.591. The first kappa shape index (κ1) is 11.5. The van der Waals surface area contributed by atoms with Crippen molar-refractivity contribution in [1.29, 1.82) is 0 Å². The van der Waals surface area contributed by atoms with Crippen LogP contribution >= 0.6 is 0 Å². The Bertz CT molecular complexity index is 435. The summed E-state index contributed by atoms with van der Waals surface area (Å²) in [6.07, 6.45) is 6.22. The zero-order valence-corrected chi connectivity index (χ0v) is 12.2. The maximum atomic E-state index is 4.43. The van der Waals surface area contributed by atoms with Gasteiger partial charge in [0.15, 0.2) is 0 Å². The summed E-state index contributed by atoms with van der Waals surface area (Å²) in [6, 6.07) is 6.24. The van der Waals surface area contributed by atoms with E-state index in [9.17, 15) is 0 Å². The zero-order chi connectivity index (χ0) is 11.9. The second-order valence-electron chi connectivity index (χ2n) is 5.79. The predicted molar refractivity (Wildman–Crippen MR) is 72.3 cm³/mol. The molecule has 0 aliphatic heterocycles. The SMILES string of the molecule is CC1(C)C(=C[Se]c2ccccn2)C2CCC1C2. The fourth-order valence-electron chi connectivity index (χ4n) is 3.47. The van der Waals surface area contributed by atoms with Crippen molar-refractivity contribution >= 4 is 19.5 Å². The molecule has 0 aromatic carbocycles. The first-order chi connectivity index (χ1) is 8.18. The third-order valence-corrected chi connectivity index (χ3v) is 6.37. The second-order valence-corrected chi connectivity index (χ2v) is 7.65. The molecule has 2 aliphatic rings. The van der Waals surface area contributed by atoms with Crippen LogP contribution in [0.5, 0.6) is 0 Å². The van der Waals surface area contributed by atoms with Crippen molar-refractivity contribution < 1.29 is 0 Å². The van der Waals surface area contributed by atoms with Gasteiger partial charge in [-0.05, 0) is 0 Å². The molecule has 2 atom stereocenters. The van der Waals surface area contributed by atoms with Crippen molar-refractivity contribution in [2.75, 3.05) is 0 Å². The molecule has 2 fully saturated rings. The van der Waals surface area contributed by atoms with Crippen molar-refractivity contribution in [2.24, 2.45) is 17.3 Å². The molecule has 0 amide bonds. The summed E-state index contributed by atoms with van der Waals surface area (Å²) in [5.41, 5.74) is 2.19. The summed E-state index contributed by atoms with van der Waals surface area (Å²) in [7, 11) is 0. The monoisotopic (exact) mass is 293 g/mol. The summed E-state index contributed by atoms with van der Waals surface area (Å²) in [5, 5.41) is 0. The third kappa shape index (κ3) is 1.98. The van der Waals surface area contributed by atoms with E-state index in [1.54, 1.807) is 5.57 Å². The molecule has 0 spiro atoms. The van der Waals surface area contributed by atoms with E-state index in [0.717, 1.165) is 11.8 Å². The molecule has 1 aromatic heterocycles. The quantitative estimate of drug-likeness (QED) is 0.764. The molecule has 2 heteroatoms. The summed E-state index contributed by atoms with van der Waals surface area (Å²) in [4.78, 5) is 6.96. The second kappa shape index (κ2) is 4.26. The van der Waals surface area contributed by atoms with Gasteiger partial charge in [0.2, 0.25) is 0 Å². The molecule has 2 saturated carbocycles. The van der Waals surface area contributed by atoms with E-state index < -0.39 is 0 Å². The predicted octanol–water partition coefficient (Wildman–Crippen LogP) is 2.75. The van der Waals surface area contributed by atoms with E-state index in [1.807, 2.05) is 12.3 Å². The van der Waals surface area contributed by atoms with Crippen molar-refractivity contribution in [3.05, 3.63) is 34.9 Å². The summed E-state index contributed by atoms with van der Waals surface area (Å²) in [5.74, 6) is 1.83. The average molecular weight is 292 g/mol. The maximum absolute atomic E-state index is 4.43. The van der Waals surface area contributed by atoms with E-state index in [0.29, 0.717) is 20.4 Å². The first-order valence-corrected chi connectivity index (χ1v) is 8.30. The standard InChI is InChI=1S/C15H19NSe/c1-15(2)12-7-6-11(9-12)13(15)10-17-14-5-3-4-8-16-14/h3-5,8,10-12H,6-7,9H2,1-2H3. The molecule has 1 heterocycles. The number of aromatic nitrogens is 1. The fraction of sp³-hybridized carbons (Fsp3) is 0.533. The van der Waals surface area contributed by atoms with Crippen LogP contribution in [0.15, 0.2) is 34.9 Å². The number of pyridine rings is 1. The number of nitrogens with zero attached hydrogens (tertiary/aromatic N) is 1. The molecule has 1 nitrogen and oxygen atoms in total. The van der Waals surface area contributed by atoms with Crippen LogP contribution in [0, 0.1) is 17.3 Å². The van der Waals surface area contributed by atoms with Crippen LogP contribution in [-0.4, -0.2) is 19.9 Å². The van der Waals surface area contributed by atoms with Gasteiger partial charge in [-0.15, -0.1) is 0 Å². The minimum absolute atomic E-state index is 0.415. The number of fused-ring (bicyclic) bond motifs is 2. The molecular weight excluding hydrogens is 273 g/mol. The van der Waals surface area contributed by atoms with Crippen molar-refractivity contribution in [1.82, 2.24) is 4.98 Å². The Morgan fingerprint density at radius 1 is 1.35 bits per heavy atom. The molecule has 0 radical (unpaired) electrons. The van der Waals surface area contributed by atoms with Gasteiger partial charge < -0.3 is 0 Å². The zero-order valence-electron chi connectivity index (χ0n) is 10.5. The van der Waals surface area contributed by atoms with E-state index >= 15 is 0 Å². The molecular formula is C15H19NSe. The Kier molecular flexibility index (Phi) is 2.88. The minimum atomic E-state index is 0.415. The van der Waals surface area contributed by atoms with Crippen LogP contribution in [0.2, 0.25) is 0 Å². The number of rotatable bonds is 2. The van der Waals surface area contributed by atoms with Crippen LogP contribution in [0.25, 0.3) is 0 Å². The van der Waals surface area contributed by atoms with Crippen LogP contribution in [0.1, 0.15) is 33.1 Å². The molecule has 2 aliphatic carbocycles. The van der Waals surface area contributed by atoms with Crippen LogP contribution in [0.4, 0.5) is 0 Å². The van der Waals surface area contributed by atoms with Crippen LogP contribution in [0.3, 0.4) is 0 Å². The van der Waals surface area contributed by atoms with Gasteiger partial charge in [0.1, 0.15) is 0 Å². The Morgan fingerprint density at radius 3 is 2.88 bits per heavy atom. The Balaban J connectivity index is 1.80. The molecule has 90 valence electrons. The van der Waals surface area contributed by atoms with Gasteiger partial charge in [-0.25, -0.2) is 0 Å². The van der Waals surface area contributed by atoms with Gasteiger partial charge in [-0.3, -0.25) is 0 Å². The van der Waals surface area contributed by atoms with Gasteiger partial charge in [0.05, 0.1) is 0 Å². The van der Waals surface area contributed by atoms with Crippen LogP contribution < -0.4 is 4.59 Å². The molecule has 0 saturated heterocycles. The van der Waals surface area contributed by atoms with Gasteiger partial charge in [0.25, 0.3) is 0 Å².